The molecular formula is C20H15F3N4O4. The smallest absolute Gasteiger partial charge is 0.416 e. The molecule has 2 N–H and O–H groups in total. The van der Waals surface area contributed by atoms with Crippen LogP contribution in [-0.4, -0.2) is 28.8 Å². The van der Waals surface area contributed by atoms with Crippen molar-refractivity contribution < 1.29 is 32.0 Å². The number of nitrogens with one attached hydrogen (secondary N) is 2. The number of ether oxygens (including phenoxy) is 1. The van der Waals surface area contributed by atoms with Crippen LogP contribution in [0, 0.1) is 0 Å². The minimum absolute atomic E-state index is 0.0321. The molecule has 11 heteroatoms. The van der Waals surface area contributed by atoms with Crippen molar-refractivity contribution in [2.45, 2.75) is 12.6 Å². The van der Waals surface area contributed by atoms with Crippen LogP contribution in [0.1, 0.15) is 27.4 Å². The van der Waals surface area contributed by atoms with E-state index in [-0.39, 0.29) is 17.1 Å². The van der Waals surface area contributed by atoms with Gasteiger partial charge in [-0.1, -0.05) is 35.5 Å². The lowest BCUT2D eigenvalue weighted by atomic mass is 10.1. The number of carbonyl (C=O) groups is 2. The first-order valence-electron chi connectivity index (χ1n) is 9.02. The molecule has 0 bridgehead atoms. The molecular weight excluding hydrogens is 417 g/mol. The molecule has 2 heterocycles. The van der Waals surface area contributed by atoms with Gasteiger partial charge in [0.25, 0.3) is 5.91 Å². The van der Waals surface area contributed by atoms with E-state index < -0.39 is 30.4 Å². The number of nitrogens with zero attached hydrogens (tertiary/aromatic N) is 2. The van der Waals surface area contributed by atoms with Crippen LogP contribution in [0.2, 0.25) is 0 Å². The van der Waals surface area contributed by atoms with E-state index in [9.17, 15) is 22.8 Å². The molecule has 0 spiro atoms. The third kappa shape index (κ3) is 4.60. The lowest BCUT2D eigenvalue weighted by Crippen LogP contribution is -2.49. The minimum atomic E-state index is -4.58. The Balaban J connectivity index is 1.43. The number of halogens is 3. The van der Waals surface area contributed by atoms with Gasteiger partial charge < -0.3 is 14.6 Å². The molecule has 0 fully saturated rings. The van der Waals surface area contributed by atoms with E-state index in [1.54, 1.807) is 0 Å². The second kappa shape index (κ2) is 8.01. The molecule has 0 radical (unpaired) electrons. The number of hydrogen-bond acceptors (Lipinski definition) is 5. The zero-order valence-electron chi connectivity index (χ0n) is 15.8. The second-order valence-corrected chi connectivity index (χ2v) is 6.62. The summed E-state index contributed by atoms with van der Waals surface area (Å²) < 4.78 is 49.2. The number of anilines is 1. The number of aromatic nitrogens is 1. The predicted molar refractivity (Wildman–Crippen MR) is 101 cm³/mol. The van der Waals surface area contributed by atoms with E-state index >= 15 is 0 Å². The highest BCUT2D eigenvalue weighted by molar-refractivity contribution is 5.96. The highest BCUT2D eigenvalue weighted by Crippen LogP contribution is 2.35. The average molecular weight is 432 g/mol. The third-order valence-corrected chi connectivity index (χ3v) is 4.39. The SMILES string of the molecule is O=C(NN1COc2ccc(C(F)(F)F)cc2NC1=O)c1cc(Cc2ccccc2)on1. The largest absolute Gasteiger partial charge is 0.469 e. The summed E-state index contributed by atoms with van der Waals surface area (Å²) in [6.45, 7) is -0.426. The van der Waals surface area contributed by atoms with Crippen LogP contribution >= 0.6 is 0 Å². The fourth-order valence-corrected chi connectivity index (χ4v) is 2.87. The first-order chi connectivity index (χ1) is 14.8. The van der Waals surface area contributed by atoms with Crippen LogP contribution in [0.15, 0.2) is 59.1 Å². The first kappa shape index (κ1) is 20.3. The molecule has 0 aliphatic carbocycles. The number of carbonyl (C=O) groups excluding carboxylic acids is 2. The maximum absolute atomic E-state index is 12.9. The van der Waals surface area contributed by atoms with Gasteiger partial charge in [-0.25, -0.2) is 4.79 Å². The van der Waals surface area contributed by atoms with Gasteiger partial charge in [0.15, 0.2) is 12.4 Å². The zero-order chi connectivity index (χ0) is 22.0. The van der Waals surface area contributed by atoms with Crippen LogP contribution < -0.4 is 15.5 Å². The van der Waals surface area contributed by atoms with Gasteiger partial charge in [0.05, 0.1) is 11.3 Å². The molecule has 4 rings (SSSR count). The van der Waals surface area contributed by atoms with Gasteiger partial charge >= 0.3 is 12.2 Å². The Morgan fingerprint density at radius 2 is 1.94 bits per heavy atom. The van der Waals surface area contributed by atoms with E-state index in [2.05, 4.69) is 15.9 Å². The van der Waals surface area contributed by atoms with Crippen molar-refractivity contribution >= 4 is 17.6 Å². The van der Waals surface area contributed by atoms with Crippen molar-refractivity contribution in [3.8, 4) is 5.75 Å². The van der Waals surface area contributed by atoms with E-state index in [1.807, 2.05) is 30.3 Å². The molecule has 3 amide bonds. The van der Waals surface area contributed by atoms with Crippen molar-refractivity contribution in [3.63, 3.8) is 0 Å². The van der Waals surface area contributed by atoms with Gasteiger partial charge in [-0.05, 0) is 23.8 Å². The molecule has 0 saturated carbocycles. The number of hydrogen-bond donors (Lipinski definition) is 2. The quantitative estimate of drug-likeness (QED) is 0.654. The fourth-order valence-electron chi connectivity index (χ4n) is 2.87. The summed E-state index contributed by atoms with van der Waals surface area (Å²) in [6, 6.07) is 12.6. The van der Waals surface area contributed by atoms with E-state index in [4.69, 9.17) is 9.26 Å². The Labute approximate surface area is 173 Å². The number of amides is 3. The molecule has 2 aromatic carbocycles. The third-order valence-electron chi connectivity index (χ3n) is 4.39. The normalized spacial score (nSPS) is 13.6. The molecule has 0 unspecified atom stereocenters. The van der Waals surface area contributed by atoms with Crippen molar-refractivity contribution in [1.82, 2.24) is 15.6 Å². The highest BCUT2D eigenvalue weighted by Gasteiger charge is 2.32. The molecule has 1 aliphatic rings. The van der Waals surface area contributed by atoms with Gasteiger partial charge in [0, 0.05) is 12.5 Å². The number of benzene rings is 2. The van der Waals surface area contributed by atoms with E-state index in [1.165, 1.54) is 6.07 Å². The van der Waals surface area contributed by atoms with Gasteiger partial charge in [0.2, 0.25) is 0 Å². The predicted octanol–water partition coefficient (Wildman–Crippen LogP) is 3.81. The summed E-state index contributed by atoms with van der Waals surface area (Å²) in [7, 11) is 0. The van der Waals surface area contributed by atoms with Gasteiger partial charge in [0.1, 0.15) is 11.5 Å². The van der Waals surface area contributed by atoms with Crippen molar-refractivity contribution in [2.24, 2.45) is 0 Å². The molecule has 0 atom stereocenters. The summed E-state index contributed by atoms with van der Waals surface area (Å²) in [5.74, 6) is -0.270. The Morgan fingerprint density at radius 3 is 2.68 bits per heavy atom. The number of urea groups is 1. The summed E-state index contributed by atoms with van der Waals surface area (Å²) in [6.07, 6.45) is -4.16. The Bertz CT molecular complexity index is 1120. The van der Waals surface area contributed by atoms with Crippen molar-refractivity contribution in [1.29, 1.82) is 0 Å². The molecule has 1 aromatic heterocycles. The standard InChI is InChI=1S/C20H15F3N4O4/c21-20(22,23)13-6-7-17-15(9-13)24-19(29)27(11-30-17)25-18(28)16-10-14(31-26-16)8-12-4-2-1-3-5-12/h1-7,9-10H,8,11H2,(H,24,29)(H,25,28). The van der Waals surface area contributed by atoms with Gasteiger partial charge in [-0.3, -0.25) is 10.2 Å². The first-order valence-corrected chi connectivity index (χ1v) is 9.02. The zero-order valence-corrected chi connectivity index (χ0v) is 15.8. The van der Waals surface area contributed by atoms with Gasteiger partial charge in [-0.2, -0.15) is 18.2 Å². The van der Waals surface area contributed by atoms with Gasteiger partial charge in [-0.15, -0.1) is 0 Å². The Hall–Kier alpha value is -4.02. The van der Waals surface area contributed by atoms with Crippen molar-refractivity contribution in [2.75, 3.05) is 12.0 Å². The summed E-state index contributed by atoms with van der Waals surface area (Å²) >= 11 is 0. The molecule has 3 aromatic rings. The van der Waals surface area contributed by atoms with Crippen LogP contribution in [0.25, 0.3) is 0 Å². The fraction of sp³-hybridized carbons (Fsp3) is 0.150. The summed E-state index contributed by atoms with van der Waals surface area (Å²) in [5, 5.41) is 6.76. The average Bonchev–Trinajstić information content (AvgIpc) is 3.14. The second-order valence-electron chi connectivity index (χ2n) is 6.62. The summed E-state index contributed by atoms with van der Waals surface area (Å²) in [4.78, 5) is 24.8. The minimum Gasteiger partial charge on any atom is -0.469 e. The maximum atomic E-state index is 12.9. The number of alkyl halides is 3. The Kier molecular flexibility index (Phi) is 5.24. The maximum Gasteiger partial charge on any atom is 0.416 e. The Morgan fingerprint density at radius 1 is 1.16 bits per heavy atom. The summed E-state index contributed by atoms with van der Waals surface area (Å²) in [5.41, 5.74) is 2.08. The van der Waals surface area contributed by atoms with Crippen LogP contribution in [0.5, 0.6) is 5.75 Å². The van der Waals surface area contributed by atoms with Crippen molar-refractivity contribution in [3.05, 3.63) is 77.2 Å². The number of hydrazine groups is 1. The van der Waals surface area contributed by atoms with E-state index in [0.29, 0.717) is 12.2 Å². The molecule has 1 aliphatic heterocycles. The van der Waals surface area contributed by atoms with Crippen LogP contribution in [0.4, 0.5) is 23.7 Å². The molecule has 31 heavy (non-hydrogen) atoms. The van der Waals surface area contributed by atoms with E-state index in [0.717, 1.165) is 28.8 Å². The lowest BCUT2D eigenvalue weighted by Gasteiger charge is -2.19. The molecule has 8 nitrogen and oxygen atoms in total. The lowest BCUT2D eigenvalue weighted by molar-refractivity contribution is -0.137. The topological polar surface area (TPSA) is 96.7 Å². The molecule has 0 saturated heterocycles. The van der Waals surface area contributed by atoms with Crippen LogP contribution in [-0.2, 0) is 12.6 Å². The number of fused-ring (bicyclic) bond motifs is 1. The number of rotatable bonds is 4. The molecule has 160 valence electrons. The monoisotopic (exact) mass is 432 g/mol. The van der Waals surface area contributed by atoms with Crippen LogP contribution in [0.3, 0.4) is 0 Å². The highest BCUT2D eigenvalue weighted by atomic mass is 19.4.